The Labute approximate surface area is 201 Å². The molecule has 1 aromatic carbocycles. The number of rotatable bonds is 4. The maximum atomic E-state index is 11.6. The lowest BCUT2D eigenvalue weighted by atomic mass is 9.74. The Kier molecular flexibility index (Phi) is 8.26. The summed E-state index contributed by atoms with van der Waals surface area (Å²) in [6, 6.07) is 6.26. The summed E-state index contributed by atoms with van der Waals surface area (Å²) in [5.41, 5.74) is 1.15. The van der Waals surface area contributed by atoms with Gasteiger partial charge in [-0.25, -0.2) is 0 Å². The molecule has 0 aromatic heterocycles. The Bertz CT molecular complexity index is 790. The van der Waals surface area contributed by atoms with E-state index in [0.717, 1.165) is 76.2 Å². The average Bonchev–Trinajstić information content (AvgIpc) is 3.25. The van der Waals surface area contributed by atoms with E-state index in [2.05, 4.69) is 29.3 Å². The van der Waals surface area contributed by atoms with Crippen LogP contribution >= 0.6 is 24.0 Å². The molecule has 172 valence electrons. The van der Waals surface area contributed by atoms with Gasteiger partial charge in [-0.2, -0.15) is 0 Å². The van der Waals surface area contributed by atoms with Gasteiger partial charge in [-0.15, -0.1) is 24.0 Å². The normalized spacial score (nSPS) is 20.3. The Morgan fingerprint density at radius 3 is 2.45 bits per heavy atom. The molecule has 0 saturated carbocycles. The van der Waals surface area contributed by atoms with Crippen molar-refractivity contribution < 1.29 is 19.0 Å². The first-order valence-corrected chi connectivity index (χ1v) is 10.9. The SMILES string of the molecule is CCNC(=NCC1(c2ccc3c(c2)OCO3)CCOCC1)N1CCN(C(C)=O)CC1.I. The zero-order chi connectivity index (χ0) is 21.0. The molecule has 4 rings (SSSR count). The third kappa shape index (κ3) is 5.36. The molecule has 9 heteroatoms. The van der Waals surface area contributed by atoms with Crippen LogP contribution in [-0.2, 0) is 14.9 Å². The van der Waals surface area contributed by atoms with Crippen LogP contribution in [0.1, 0.15) is 32.3 Å². The maximum Gasteiger partial charge on any atom is 0.231 e. The lowest BCUT2D eigenvalue weighted by Gasteiger charge is -2.39. The predicted octanol–water partition coefficient (Wildman–Crippen LogP) is 2.21. The number of aliphatic imine (C=N–C) groups is 1. The number of hydrogen-bond donors (Lipinski definition) is 1. The second kappa shape index (κ2) is 10.7. The summed E-state index contributed by atoms with van der Waals surface area (Å²) in [6.07, 6.45) is 1.85. The first-order chi connectivity index (χ1) is 14.6. The zero-order valence-electron chi connectivity index (χ0n) is 18.4. The minimum absolute atomic E-state index is 0. The number of hydrogen-bond acceptors (Lipinski definition) is 5. The van der Waals surface area contributed by atoms with Crippen molar-refractivity contribution in [2.45, 2.75) is 32.1 Å². The highest BCUT2D eigenvalue weighted by Gasteiger charge is 2.36. The number of benzene rings is 1. The number of halogens is 1. The Morgan fingerprint density at radius 2 is 1.77 bits per heavy atom. The van der Waals surface area contributed by atoms with Crippen LogP contribution in [0.5, 0.6) is 11.5 Å². The minimum atomic E-state index is -0.0822. The van der Waals surface area contributed by atoms with Gasteiger partial charge in [0.2, 0.25) is 12.7 Å². The van der Waals surface area contributed by atoms with E-state index in [1.807, 2.05) is 11.0 Å². The van der Waals surface area contributed by atoms with E-state index in [9.17, 15) is 4.79 Å². The molecule has 1 N–H and O–H groups in total. The molecule has 0 aliphatic carbocycles. The predicted molar refractivity (Wildman–Crippen MR) is 130 cm³/mol. The summed E-state index contributed by atoms with van der Waals surface area (Å²) in [6.45, 7) is 10.0. The number of amides is 1. The number of ether oxygens (including phenoxy) is 3. The highest BCUT2D eigenvalue weighted by Crippen LogP contribution is 2.41. The van der Waals surface area contributed by atoms with E-state index in [4.69, 9.17) is 19.2 Å². The van der Waals surface area contributed by atoms with Crippen molar-refractivity contribution in [3.8, 4) is 11.5 Å². The van der Waals surface area contributed by atoms with Gasteiger partial charge in [0.15, 0.2) is 17.5 Å². The molecule has 3 aliphatic rings. The van der Waals surface area contributed by atoms with E-state index in [0.29, 0.717) is 6.54 Å². The number of piperazine rings is 1. The third-order valence-corrected chi connectivity index (χ3v) is 6.33. The van der Waals surface area contributed by atoms with Crippen LogP contribution in [0.4, 0.5) is 0 Å². The van der Waals surface area contributed by atoms with E-state index in [1.54, 1.807) is 6.92 Å². The van der Waals surface area contributed by atoms with Gasteiger partial charge in [-0.3, -0.25) is 9.79 Å². The summed E-state index contributed by atoms with van der Waals surface area (Å²) in [4.78, 5) is 20.9. The van der Waals surface area contributed by atoms with Crippen LogP contribution in [-0.4, -0.2) is 80.9 Å². The second-order valence-corrected chi connectivity index (χ2v) is 8.12. The van der Waals surface area contributed by atoms with Gasteiger partial charge in [-0.1, -0.05) is 6.07 Å². The summed E-state index contributed by atoms with van der Waals surface area (Å²) in [7, 11) is 0. The topological polar surface area (TPSA) is 75.6 Å². The molecule has 1 aromatic rings. The standard InChI is InChI=1S/C22H32N4O4.HI/c1-3-23-21(26-10-8-25(9-11-26)17(2)27)24-15-22(6-12-28-13-7-22)18-4-5-19-20(14-18)30-16-29-19;/h4-5,14H,3,6-13,15-16H2,1-2H3,(H,23,24);1H. The molecule has 0 radical (unpaired) electrons. The fraction of sp³-hybridized carbons (Fsp3) is 0.636. The molecule has 1 amide bonds. The van der Waals surface area contributed by atoms with Gasteiger partial charge in [0.05, 0.1) is 6.54 Å². The van der Waals surface area contributed by atoms with Crippen molar-refractivity contribution in [3.63, 3.8) is 0 Å². The minimum Gasteiger partial charge on any atom is -0.454 e. The van der Waals surface area contributed by atoms with Gasteiger partial charge >= 0.3 is 0 Å². The molecular weight excluding hydrogens is 511 g/mol. The monoisotopic (exact) mass is 544 g/mol. The molecule has 31 heavy (non-hydrogen) atoms. The zero-order valence-corrected chi connectivity index (χ0v) is 20.7. The quantitative estimate of drug-likeness (QED) is 0.356. The Balaban J connectivity index is 0.00000272. The third-order valence-electron chi connectivity index (χ3n) is 6.33. The highest BCUT2D eigenvalue weighted by atomic mass is 127. The van der Waals surface area contributed by atoms with Gasteiger partial charge in [0.25, 0.3) is 0 Å². The lowest BCUT2D eigenvalue weighted by Crippen LogP contribution is -2.53. The van der Waals surface area contributed by atoms with Crippen molar-refractivity contribution in [2.75, 3.05) is 59.3 Å². The fourth-order valence-electron chi connectivity index (χ4n) is 4.41. The van der Waals surface area contributed by atoms with Crippen molar-refractivity contribution in [1.82, 2.24) is 15.1 Å². The van der Waals surface area contributed by atoms with Crippen LogP contribution in [0.25, 0.3) is 0 Å². The summed E-state index contributed by atoms with van der Waals surface area (Å²) < 4.78 is 16.8. The summed E-state index contributed by atoms with van der Waals surface area (Å²) in [5.74, 6) is 2.68. The first kappa shape index (κ1) is 23.9. The molecule has 0 spiro atoms. The highest BCUT2D eigenvalue weighted by molar-refractivity contribution is 14.0. The number of carbonyl (C=O) groups excluding carboxylic acids is 1. The van der Waals surface area contributed by atoms with Gasteiger partial charge < -0.3 is 29.3 Å². The number of fused-ring (bicyclic) bond motifs is 1. The van der Waals surface area contributed by atoms with E-state index < -0.39 is 0 Å². The van der Waals surface area contributed by atoms with E-state index in [1.165, 1.54) is 5.56 Å². The van der Waals surface area contributed by atoms with Crippen LogP contribution in [0.2, 0.25) is 0 Å². The van der Waals surface area contributed by atoms with Crippen LogP contribution < -0.4 is 14.8 Å². The molecule has 2 fully saturated rings. The number of nitrogens with zero attached hydrogens (tertiary/aromatic N) is 3. The van der Waals surface area contributed by atoms with Gasteiger partial charge in [0.1, 0.15) is 0 Å². The molecular formula is C22H33IN4O4. The second-order valence-electron chi connectivity index (χ2n) is 8.12. The Morgan fingerprint density at radius 1 is 1.10 bits per heavy atom. The molecule has 8 nitrogen and oxygen atoms in total. The smallest absolute Gasteiger partial charge is 0.231 e. The van der Waals surface area contributed by atoms with E-state index >= 15 is 0 Å². The molecule has 3 aliphatic heterocycles. The van der Waals surface area contributed by atoms with Crippen molar-refractivity contribution in [2.24, 2.45) is 4.99 Å². The fourth-order valence-corrected chi connectivity index (χ4v) is 4.41. The van der Waals surface area contributed by atoms with Crippen LogP contribution in [0, 0.1) is 0 Å². The molecule has 0 bridgehead atoms. The van der Waals surface area contributed by atoms with E-state index in [-0.39, 0.29) is 42.1 Å². The van der Waals surface area contributed by atoms with Gasteiger partial charge in [0, 0.05) is 58.3 Å². The maximum absolute atomic E-state index is 11.6. The van der Waals surface area contributed by atoms with Crippen LogP contribution in [0.3, 0.4) is 0 Å². The summed E-state index contributed by atoms with van der Waals surface area (Å²) >= 11 is 0. The first-order valence-electron chi connectivity index (χ1n) is 10.9. The molecule has 0 atom stereocenters. The number of carbonyl (C=O) groups is 1. The molecule has 0 unspecified atom stereocenters. The molecule has 2 saturated heterocycles. The summed E-state index contributed by atoms with van der Waals surface area (Å²) in [5, 5.41) is 3.44. The largest absolute Gasteiger partial charge is 0.454 e. The van der Waals surface area contributed by atoms with Crippen molar-refractivity contribution in [3.05, 3.63) is 23.8 Å². The average molecular weight is 544 g/mol. The lowest BCUT2D eigenvalue weighted by molar-refractivity contribution is -0.130. The molecule has 3 heterocycles. The number of guanidine groups is 1. The van der Waals surface area contributed by atoms with Crippen LogP contribution in [0.15, 0.2) is 23.2 Å². The van der Waals surface area contributed by atoms with Crippen molar-refractivity contribution >= 4 is 35.8 Å². The van der Waals surface area contributed by atoms with Crippen molar-refractivity contribution in [1.29, 1.82) is 0 Å². The van der Waals surface area contributed by atoms with Gasteiger partial charge in [-0.05, 0) is 37.5 Å². The number of nitrogens with one attached hydrogen (secondary N) is 1. The Hall–Kier alpha value is -1.75.